The standard InChI is InChI=1S/C29H40O4/c1-5-9-18-31-26-17-13-16-25(29(26)33-20-11-7-3)28(30)27(32-19-10-6-2)22-24-15-12-14-23(8-4)21-24/h12-17,21-22H,5-11,18-20H2,1-4H3. The molecule has 2 rings (SSSR count). The highest BCUT2D eigenvalue weighted by atomic mass is 16.5. The van der Waals surface area contributed by atoms with Crippen LogP contribution in [0, 0.1) is 0 Å². The summed E-state index contributed by atoms with van der Waals surface area (Å²) in [6, 6.07) is 13.7. The minimum absolute atomic E-state index is 0.180. The van der Waals surface area contributed by atoms with Crippen LogP contribution >= 0.6 is 0 Å². The molecule has 0 unspecified atom stereocenters. The number of carbonyl (C=O) groups excluding carboxylic acids is 1. The third kappa shape index (κ3) is 8.60. The largest absolute Gasteiger partial charge is 0.490 e. The van der Waals surface area contributed by atoms with Crippen LogP contribution < -0.4 is 9.47 Å². The van der Waals surface area contributed by atoms with Crippen LogP contribution in [0.25, 0.3) is 6.08 Å². The molecule has 0 aliphatic heterocycles. The molecular formula is C29H40O4. The van der Waals surface area contributed by atoms with Crippen LogP contribution in [0.3, 0.4) is 0 Å². The van der Waals surface area contributed by atoms with Crippen LogP contribution in [0.1, 0.15) is 87.7 Å². The van der Waals surface area contributed by atoms with Crippen LogP contribution in [0.4, 0.5) is 0 Å². The number of unbranched alkanes of at least 4 members (excludes halogenated alkanes) is 3. The average molecular weight is 453 g/mol. The number of benzene rings is 2. The Morgan fingerprint density at radius 2 is 1.48 bits per heavy atom. The SMILES string of the molecule is CCCCOC(=Cc1cccc(CC)c1)C(=O)c1cccc(OCCCC)c1OCCCC. The van der Waals surface area contributed by atoms with Crippen molar-refractivity contribution in [2.24, 2.45) is 0 Å². The fraction of sp³-hybridized carbons (Fsp3) is 0.483. The molecule has 0 saturated carbocycles. The van der Waals surface area contributed by atoms with Crippen molar-refractivity contribution in [3.05, 3.63) is 64.9 Å². The van der Waals surface area contributed by atoms with Gasteiger partial charge in [-0.25, -0.2) is 0 Å². The van der Waals surface area contributed by atoms with Gasteiger partial charge in [-0.3, -0.25) is 4.79 Å². The number of carbonyl (C=O) groups is 1. The topological polar surface area (TPSA) is 44.8 Å². The van der Waals surface area contributed by atoms with Gasteiger partial charge in [-0.2, -0.15) is 0 Å². The molecule has 0 fully saturated rings. The number of allylic oxidation sites excluding steroid dienone is 1. The molecule has 33 heavy (non-hydrogen) atoms. The van der Waals surface area contributed by atoms with E-state index >= 15 is 0 Å². The maximum Gasteiger partial charge on any atom is 0.231 e. The van der Waals surface area contributed by atoms with Gasteiger partial charge in [-0.1, -0.05) is 77.3 Å². The fourth-order valence-corrected chi connectivity index (χ4v) is 3.29. The molecule has 0 aliphatic rings. The van der Waals surface area contributed by atoms with Crippen molar-refractivity contribution < 1.29 is 19.0 Å². The molecule has 0 aliphatic carbocycles. The molecule has 0 heterocycles. The van der Waals surface area contributed by atoms with Crippen molar-refractivity contribution in [1.82, 2.24) is 0 Å². The van der Waals surface area contributed by atoms with Gasteiger partial charge < -0.3 is 14.2 Å². The highest BCUT2D eigenvalue weighted by Gasteiger charge is 2.22. The zero-order chi connectivity index (χ0) is 23.9. The monoisotopic (exact) mass is 452 g/mol. The minimum Gasteiger partial charge on any atom is -0.490 e. The van der Waals surface area contributed by atoms with E-state index in [2.05, 4.69) is 39.8 Å². The van der Waals surface area contributed by atoms with E-state index in [1.807, 2.05) is 30.3 Å². The second kappa shape index (κ2) is 15.2. The van der Waals surface area contributed by atoms with Crippen LogP contribution in [0.15, 0.2) is 48.2 Å². The van der Waals surface area contributed by atoms with Crippen molar-refractivity contribution in [1.29, 1.82) is 0 Å². The van der Waals surface area contributed by atoms with Gasteiger partial charge in [0, 0.05) is 0 Å². The Balaban J connectivity index is 2.43. The molecule has 0 N–H and O–H groups in total. The molecule has 2 aromatic carbocycles. The third-order valence-electron chi connectivity index (χ3n) is 5.36. The number of ether oxygens (including phenoxy) is 3. The Kier molecular flexibility index (Phi) is 12.2. The number of ketones is 1. The van der Waals surface area contributed by atoms with Crippen molar-refractivity contribution >= 4 is 11.9 Å². The zero-order valence-electron chi connectivity index (χ0n) is 20.8. The quantitative estimate of drug-likeness (QED) is 0.114. The molecule has 4 nitrogen and oxygen atoms in total. The number of rotatable bonds is 16. The summed E-state index contributed by atoms with van der Waals surface area (Å²) in [5.41, 5.74) is 2.66. The minimum atomic E-state index is -0.180. The van der Waals surface area contributed by atoms with Crippen molar-refractivity contribution in [2.45, 2.75) is 72.6 Å². The van der Waals surface area contributed by atoms with E-state index in [1.54, 1.807) is 6.07 Å². The Morgan fingerprint density at radius 1 is 0.818 bits per heavy atom. The Morgan fingerprint density at radius 3 is 2.18 bits per heavy atom. The summed E-state index contributed by atoms with van der Waals surface area (Å²) >= 11 is 0. The van der Waals surface area contributed by atoms with E-state index < -0.39 is 0 Å². The van der Waals surface area contributed by atoms with Crippen molar-refractivity contribution in [3.63, 3.8) is 0 Å². The summed E-state index contributed by atoms with van der Waals surface area (Å²) in [7, 11) is 0. The van der Waals surface area contributed by atoms with Gasteiger partial charge in [-0.15, -0.1) is 0 Å². The predicted octanol–water partition coefficient (Wildman–Crippen LogP) is 7.65. The second-order valence-corrected chi connectivity index (χ2v) is 8.18. The molecule has 2 aromatic rings. The molecule has 0 spiro atoms. The number of para-hydroxylation sites is 1. The van der Waals surface area contributed by atoms with Gasteiger partial charge in [0.15, 0.2) is 17.3 Å². The van der Waals surface area contributed by atoms with Crippen LogP contribution in [-0.4, -0.2) is 25.6 Å². The first-order chi connectivity index (χ1) is 16.1. The summed E-state index contributed by atoms with van der Waals surface area (Å²) in [6.07, 6.45) is 8.59. The Hall–Kier alpha value is -2.75. The van der Waals surface area contributed by atoms with Gasteiger partial charge in [-0.05, 0) is 55.0 Å². The zero-order valence-corrected chi connectivity index (χ0v) is 20.8. The third-order valence-corrected chi connectivity index (χ3v) is 5.36. The predicted molar refractivity (Wildman–Crippen MR) is 136 cm³/mol. The first-order valence-corrected chi connectivity index (χ1v) is 12.5. The van der Waals surface area contributed by atoms with E-state index in [1.165, 1.54) is 5.56 Å². The highest BCUT2D eigenvalue weighted by molar-refractivity contribution is 6.12. The normalized spacial score (nSPS) is 11.3. The van der Waals surface area contributed by atoms with E-state index in [9.17, 15) is 4.79 Å². The fourth-order valence-electron chi connectivity index (χ4n) is 3.29. The molecule has 0 saturated heterocycles. The molecule has 180 valence electrons. The van der Waals surface area contributed by atoms with Crippen molar-refractivity contribution in [3.8, 4) is 11.5 Å². The van der Waals surface area contributed by atoms with Crippen LogP contribution in [0.5, 0.6) is 11.5 Å². The first kappa shape index (κ1) is 26.5. The number of Topliss-reactive ketones (excluding diaryl/α,β-unsaturated/α-hetero) is 1. The van der Waals surface area contributed by atoms with Gasteiger partial charge in [0.05, 0.1) is 25.4 Å². The van der Waals surface area contributed by atoms with E-state index in [0.29, 0.717) is 42.6 Å². The molecule has 0 aromatic heterocycles. The lowest BCUT2D eigenvalue weighted by Gasteiger charge is -2.17. The molecule has 0 amide bonds. The molecule has 0 radical (unpaired) electrons. The molecule has 0 atom stereocenters. The number of hydrogen-bond donors (Lipinski definition) is 0. The van der Waals surface area contributed by atoms with Crippen LogP contribution in [0.2, 0.25) is 0 Å². The van der Waals surface area contributed by atoms with Crippen LogP contribution in [-0.2, 0) is 11.2 Å². The van der Waals surface area contributed by atoms with Crippen molar-refractivity contribution in [2.75, 3.05) is 19.8 Å². The van der Waals surface area contributed by atoms with E-state index in [4.69, 9.17) is 14.2 Å². The summed E-state index contributed by atoms with van der Waals surface area (Å²) in [5.74, 6) is 1.29. The second-order valence-electron chi connectivity index (χ2n) is 8.18. The maximum atomic E-state index is 13.7. The van der Waals surface area contributed by atoms with E-state index in [-0.39, 0.29) is 5.78 Å². The lowest BCUT2D eigenvalue weighted by atomic mass is 10.0. The summed E-state index contributed by atoms with van der Waals surface area (Å²) in [5, 5.41) is 0. The van der Waals surface area contributed by atoms with Gasteiger partial charge >= 0.3 is 0 Å². The maximum absolute atomic E-state index is 13.7. The van der Waals surface area contributed by atoms with Gasteiger partial charge in [0.1, 0.15) is 0 Å². The lowest BCUT2D eigenvalue weighted by Crippen LogP contribution is -2.12. The summed E-state index contributed by atoms with van der Waals surface area (Å²) in [6.45, 7) is 10.1. The average Bonchev–Trinajstić information content (AvgIpc) is 2.84. The summed E-state index contributed by atoms with van der Waals surface area (Å²) < 4.78 is 18.1. The summed E-state index contributed by atoms with van der Waals surface area (Å²) in [4.78, 5) is 13.7. The lowest BCUT2D eigenvalue weighted by molar-refractivity contribution is 0.0915. The molecular weight excluding hydrogens is 412 g/mol. The number of hydrogen-bond acceptors (Lipinski definition) is 4. The smallest absolute Gasteiger partial charge is 0.231 e. The number of aryl methyl sites for hydroxylation is 1. The Bertz CT molecular complexity index is 885. The molecule has 4 heteroatoms. The van der Waals surface area contributed by atoms with Gasteiger partial charge in [0.25, 0.3) is 0 Å². The molecule has 0 bridgehead atoms. The highest BCUT2D eigenvalue weighted by Crippen LogP contribution is 2.34. The first-order valence-electron chi connectivity index (χ1n) is 12.5. The van der Waals surface area contributed by atoms with E-state index in [0.717, 1.165) is 50.5 Å². The van der Waals surface area contributed by atoms with Gasteiger partial charge in [0.2, 0.25) is 5.78 Å². The Labute approximate surface area is 200 Å².